The van der Waals surface area contributed by atoms with E-state index in [0.717, 1.165) is 31.9 Å². The van der Waals surface area contributed by atoms with Gasteiger partial charge in [-0.15, -0.1) is 0 Å². The quantitative estimate of drug-likeness (QED) is 0.800. The molecule has 104 valence electrons. The summed E-state index contributed by atoms with van der Waals surface area (Å²) in [6.45, 7) is 4.39. The molecule has 6 nitrogen and oxygen atoms in total. The third-order valence-corrected chi connectivity index (χ3v) is 3.64. The molecule has 1 unspecified atom stereocenters. The van der Waals surface area contributed by atoms with Crippen LogP contribution in [-0.4, -0.2) is 60.6 Å². The lowest BCUT2D eigenvalue weighted by Gasteiger charge is -2.28. The van der Waals surface area contributed by atoms with Gasteiger partial charge in [0.05, 0.1) is 19.3 Å². The summed E-state index contributed by atoms with van der Waals surface area (Å²) >= 11 is 6.09. The highest BCUT2D eigenvalue weighted by atomic mass is 35.5. The number of hydrogen-bond acceptors (Lipinski definition) is 6. The summed E-state index contributed by atoms with van der Waals surface area (Å²) in [7, 11) is 0. The Hall–Kier alpha value is -1.11. The number of β-amino-alcohol motifs (C(OH)–C–C–N with tert-alkyl or cyclic N) is 1. The van der Waals surface area contributed by atoms with E-state index >= 15 is 0 Å². The van der Waals surface area contributed by atoms with Crippen LogP contribution in [0.15, 0.2) is 6.07 Å². The van der Waals surface area contributed by atoms with Gasteiger partial charge in [0, 0.05) is 32.2 Å². The van der Waals surface area contributed by atoms with Crippen LogP contribution in [0.25, 0.3) is 0 Å². The summed E-state index contributed by atoms with van der Waals surface area (Å²) in [6, 6.07) is 1.78. The SMILES string of the molecule is OC1CCN(c2nc(Cl)cc(N3CCOCC3)n2)C1. The van der Waals surface area contributed by atoms with Gasteiger partial charge in [0.25, 0.3) is 0 Å². The van der Waals surface area contributed by atoms with Crippen LogP contribution in [-0.2, 0) is 4.74 Å². The average molecular weight is 285 g/mol. The van der Waals surface area contributed by atoms with Gasteiger partial charge in [-0.25, -0.2) is 4.98 Å². The van der Waals surface area contributed by atoms with E-state index in [9.17, 15) is 5.11 Å². The molecule has 0 amide bonds. The van der Waals surface area contributed by atoms with Gasteiger partial charge >= 0.3 is 0 Å². The van der Waals surface area contributed by atoms with E-state index < -0.39 is 0 Å². The van der Waals surface area contributed by atoms with Gasteiger partial charge in [0.1, 0.15) is 11.0 Å². The monoisotopic (exact) mass is 284 g/mol. The third kappa shape index (κ3) is 2.91. The molecule has 1 aromatic rings. The van der Waals surface area contributed by atoms with Gasteiger partial charge in [-0.3, -0.25) is 0 Å². The van der Waals surface area contributed by atoms with Crippen molar-refractivity contribution in [3.8, 4) is 0 Å². The first kappa shape index (κ1) is 12.9. The van der Waals surface area contributed by atoms with Crippen molar-refractivity contribution in [1.29, 1.82) is 0 Å². The number of halogens is 1. The van der Waals surface area contributed by atoms with Crippen molar-refractivity contribution in [2.24, 2.45) is 0 Å². The molecule has 1 atom stereocenters. The predicted octanol–water partition coefficient (Wildman–Crippen LogP) is 0.538. The van der Waals surface area contributed by atoms with Crippen molar-refractivity contribution in [3.63, 3.8) is 0 Å². The van der Waals surface area contributed by atoms with Crippen LogP contribution in [0.3, 0.4) is 0 Å². The molecule has 0 spiro atoms. The van der Waals surface area contributed by atoms with E-state index in [1.165, 1.54) is 0 Å². The molecular weight excluding hydrogens is 268 g/mol. The summed E-state index contributed by atoms with van der Waals surface area (Å²) < 4.78 is 5.33. The maximum atomic E-state index is 9.59. The van der Waals surface area contributed by atoms with E-state index in [4.69, 9.17) is 16.3 Å². The Kier molecular flexibility index (Phi) is 3.72. The van der Waals surface area contributed by atoms with E-state index in [1.54, 1.807) is 6.07 Å². The van der Waals surface area contributed by atoms with Gasteiger partial charge in [0.15, 0.2) is 0 Å². The summed E-state index contributed by atoms with van der Waals surface area (Å²) in [5.74, 6) is 1.44. The molecule has 3 heterocycles. The smallest absolute Gasteiger partial charge is 0.228 e. The van der Waals surface area contributed by atoms with Crippen LogP contribution >= 0.6 is 11.6 Å². The van der Waals surface area contributed by atoms with Gasteiger partial charge < -0.3 is 19.6 Å². The zero-order chi connectivity index (χ0) is 13.2. The number of aliphatic hydroxyl groups is 1. The van der Waals surface area contributed by atoms with Gasteiger partial charge in [-0.05, 0) is 6.42 Å². The molecule has 2 aliphatic heterocycles. The molecule has 2 fully saturated rings. The van der Waals surface area contributed by atoms with Crippen LogP contribution in [0.4, 0.5) is 11.8 Å². The molecule has 0 radical (unpaired) electrons. The fourth-order valence-electron chi connectivity index (χ4n) is 2.41. The normalized spacial score (nSPS) is 24.0. The lowest BCUT2D eigenvalue weighted by Crippen LogP contribution is -2.37. The van der Waals surface area contributed by atoms with E-state index in [-0.39, 0.29) is 6.10 Å². The molecule has 0 saturated carbocycles. The van der Waals surface area contributed by atoms with E-state index in [0.29, 0.717) is 30.9 Å². The topological polar surface area (TPSA) is 61.7 Å². The minimum absolute atomic E-state index is 0.297. The fourth-order valence-corrected chi connectivity index (χ4v) is 2.59. The Balaban J connectivity index is 1.83. The maximum absolute atomic E-state index is 9.59. The minimum atomic E-state index is -0.297. The minimum Gasteiger partial charge on any atom is -0.391 e. The Bertz CT molecular complexity index is 430. The molecule has 19 heavy (non-hydrogen) atoms. The van der Waals surface area contributed by atoms with Crippen molar-refractivity contribution in [2.75, 3.05) is 49.2 Å². The Morgan fingerprint density at radius 2 is 2.00 bits per heavy atom. The summed E-state index contributed by atoms with van der Waals surface area (Å²) in [5, 5.41) is 10.0. The zero-order valence-electron chi connectivity index (χ0n) is 10.6. The van der Waals surface area contributed by atoms with Crippen molar-refractivity contribution in [3.05, 3.63) is 11.2 Å². The largest absolute Gasteiger partial charge is 0.391 e. The van der Waals surface area contributed by atoms with Crippen LogP contribution in [0.1, 0.15) is 6.42 Å². The number of anilines is 2. The second-order valence-corrected chi connectivity index (χ2v) is 5.22. The van der Waals surface area contributed by atoms with Crippen molar-refractivity contribution in [1.82, 2.24) is 9.97 Å². The number of nitrogens with zero attached hydrogens (tertiary/aromatic N) is 4. The van der Waals surface area contributed by atoms with Gasteiger partial charge in [-0.1, -0.05) is 11.6 Å². The number of aromatic nitrogens is 2. The third-order valence-electron chi connectivity index (χ3n) is 3.45. The Labute approximate surface area is 117 Å². The zero-order valence-corrected chi connectivity index (χ0v) is 11.4. The van der Waals surface area contributed by atoms with Crippen molar-refractivity contribution >= 4 is 23.4 Å². The van der Waals surface area contributed by atoms with Crippen LogP contribution in [0.5, 0.6) is 0 Å². The molecule has 1 aromatic heterocycles. The average Bonchev–Trinajstić information content (AvgIpc) is 2.86. The summed E-state index contributed by atoms with van der Waals surface area (Å²) in [4.78, 5) is 12.9. The van der Waals surface area contributed by atoms with Crippen LogP contribution < -0.4 is 9.80 Å². The highest BCUT2D eigenvalue weighted by Crippen LogP contribution is 2.23. The lowest BCUT2D eigenvalue weighted by molar-refractivity contribution is 0.122. The van der Waals surface area contributed by atoms with Crippen LogP contribution in [0.2, 0.25) is 5.15 Å². The number of rotatable bonds is 2. The first-order valence-electron chi connectivity index (χ1n) is 6.52. The lowest BCUT2D eigenvalue weighted by atomic mass is 10.3. The molecule has 0 aliphatic carbocycles. The fraction of sp³-hybridized carbons (Fsp3) is 0.667. The Morgan fingerprint density at radius 1 is 1.21 bits per heavy atom. The second kappa shape index (κ2) is 5.48. The summed E-state index contributed by atoms with van der Waals surface area (Å²) in [5.41, 5.74) is 0. The van der Waals surface area contributed by atoms with Crippen molar-refractivity contribution < 1.29 is 9.84 Å². The first-order chi connectivity index (χ1) is 9.22. The molecule has 2 aliphatic rings. The highest BCUT2D eigenvalue weighted by Gasteiger charge is 2.24. The molecule has 2 saturated heterocycles. The summed E-state index contributed by atoms with van der Waals surface area (Å²) in [6.07, 6.45) is 0.456. The number of aliphatic hydroxyl groups excluding tert-OH is 1. The van der Waals surface area contributed by atoms with Gasteiger partial charge in [-0.2, -0.15) is 4.98 Å². The second-order valence-electron chi connectivity index (χ2n) is 4.84. The predicted molar refractivity (Wildman–Crippen MR) is 72.9 cm³/mol. The molecule has 7 heteroatoms. The van der Waals surface area contributed by atoms with E-state index in [2.05, 4.69) is 14.9 Å². The molecular formula is C12H17ClN4O2. The first-order valence-corrected chi connectivity index (χ1v) is 6.90. The van der Waals surface area contributed by atoms with Gasteiger partial charge in [0.2, 0.25) is 5.95 Å². The Morgan fingerprint density at radius 3 is 2.68 bits per heavy atom. The molecule has 0 bridgehead atoms. The number of morpholine rings is 1. The standard InChI is InChI=1S/C12H17ClN4O2/c13-10-7-11(16-3-5-19-6-4-16)15-12(14-10)17-2-1-9(18)8-17/h7,9,18H,1-6,8H2. The highest BCUT2D eigenvalue weighted by molar-refractivity contribution is 6.29. The van der Waals surface area contributed by atoms with Crippen molar-refractivity contribution in [2.45, 2.75) is 12.5 Å². The van der Waals surface area contributed by atoms with E-state index in [1.807, 2.05) is 4.90 Å². The number of ether oxygens (including phenoxy) is 1. The van der Waals surface area contributed by atoms with Crippen LogP contribution in [0, 0.1) is 0 Å². The number of hydrogen-bond donors (Lipinski definition) is 1. The molecule has 3 rings (SSSR count). The maximum Gasteiger partial charge on any atom is 0.228 e. The molecule has 1 N–H and O–H groups in total. The molecule has 0 aromatic carbocycles.